The highest BCUT2D eigenvalue weighted by Crippen LogP contribution is 2.30. The van der Waals surface area contributed by atoms with E-state index in [9.17, 15) is 4.79 Å². The van der Waals surface area contributed by atoms with E-state index in [0.29, 0.717) is 13.1 Å². The van der Waals surface area contributed by atoms with Crippen LogP contribution in [0.1, 0.15) is 24.2 Å². The van der Waals surface area contributed by atoms with E-state index in [1.807, 2.05) is 59.5 Å². The highest BCUT2D eigenvalue weighted by Gasteiger charge is 2.25. The Hall–Kier alpha value is -2.29. The third-order valence-electron chi connectivity index (χ3n) is 3.61. The second kappa shape index (κ2) is 5.37. The van der Waals surface area contributed by atoms with Gasteiger partial charge in [-0.25, -0.2) is 0 Å². The van der Waals surface area contributed by atoms with Crippen molar-refractivity contribution in [3.05, 3.63) is 65.7 Å². The number of para-hydroxylation sites is 1. The molecule has 3 heteroatoms. The molecule has 1 heterocycles. The SMILES string of the molecule is CC(=O)N1Cc2ccccc2OC(c2ccccc2)C1. The number of rotatable bonds is 1. The van der Waals surface area contributed by atoms with Crippen molar-refractivity contribution in [3.8, 4) is 5.75 Å². The summed E-state index contributed by atoms with van der Waals surface area (Å²) in [5, 5.41) is 0. The Morgan fingerprint density at radius 2 is 1.80 bits per heavy atom. The van der Waals surface area contributed by atoms with Gasteiger partial charge in [0.15, 0.2) is 0 Å². The largest absolute Gasteiger partial charge is 0.484 e. The molecular weight excluding hydrogens is 250 g/mol. The number of amides is 1. The Morgan fingerprint density at radius 1 is 1.10 bits per heavy atom. The smallest absolute Gasteiger partial charge is 0.219 e. The average Bonchev–Trinajstić information content (AvgIpc) is 2.67. The lowest BCUT2D eigenvalue weighted by Gasteiger charge is -2.23. The van der Waals surface area contributed by atoms with Crippen LogP contribution in [-0.2, 0) is 11.3 Å². The quantitative estimate of drug-likeness (QED) is 0.794. The van der Waals surface area contributed by atoms with Crippen LogP contribution < -0.4 is 4.74 Å². The van der Waals surface area contributed by atoms with Crippen molar-refractivity contribution >= 4 is 5.91 Å². The minimum absolute atomic E-state index is 0.0752. The lowest BCUT2D eigenvalue weighted by Crippen LogP contribution is -2.32. The van der Waals surface area contributed by atoms with Gasteiger partial charge in [0.1, 0.15) is 11.9 Å². The molecule has 0 radical (unpaired) electrons. The molecule has 0 fully saturated rings. The van der Waals surface area contributed by atoms with E-state index in [2.05, 4.69) is 0 Å². The minimum Gasteiger partial charge on any atom is -0.484 e. The number of nitrogens with zero attached hydrogens (tertiary/aromatic N) is 1. The average molecular weight is 267 g/mol. The van der Waals surface area contributed by atoms with Gasteiger partial charge in [-0.2, -0.15) is 0 Å². The summed E-state index contributed by atoms with van der Waals surface area (Å²) >= 11 is 0. The van der Waals surface area contributed by atoms with Crippen LogP contribution in [-0.4, -0.2) is 17.4 Å². The van der Waals surface area contributed by atoms with Gasteiger partial charge in [-0.15, -0.1) is 0 Å². The van der Waals surface area contributed by atoms with Crippen molar-refractivity contribution in [2.45, 2.75) is 19.6 Å². The van der Waals surface area contributed by atoms with E-state index in [1.165, 1.54) is 0 Å². The first kappa shape index (κ1) is 12.7. The fourth-order valence-corrected chi connectivity index (χ4v) is 2.49. The van der Waals surface area contributed by atoms with E-state index in [4.69, 9.17) is 4.74 Å². The fraction of sp³-hybridized carbons (Fsp3) is 0.235. The summed E-state index contributed by atoms with van der Waals surface area (Å²) in [5.74, 6) is 0.941. The first-order valence-electron chi connectivity index (χ1n) is 6.79. The first-order chi connectivity index (χ1) is 9.74. The molecule has 3 rings (SSSR count). The van der Waals surface area contributed by atoms with Crippen LogP contribution in [0.25, 0.3) is 0 Å². The van der Waals surface area contributed by atoms with Gasteiger partial charge in [-0.1, -0.05) is 48.5 Å². The van der Waals surface area contributed by atoms with Gasteiger partial charge in [-0.3, -0.25) is 4.79 Å². The number of hydrogen-bond donors (Lipinski definition) is 0. The minimum atomic E-state index is -0.122. The molecule has 1 aliphatic heterocycles. The van der Waals surface area contributed by atoms with Crippen molar-refractivity contribution < 1.29 is 9.53 Å². The number of hydrogen-bond acceptors (Lipinski definition) is 2. The highest BCUT2D eigenvalue weighted by atomic mass is 16.5. The number of ether oxygens (including phenoxy) is 1. The molecule has 0 spiro atoms. The zero-order valence-corrected chi connectivity index (χ0v) is 11.5. The topological polar surface area (TPSA) is 29.5 Å². The molecule has 0 N–H and O–H groups in total. The molecular formula is C17H17NO2. The number of benzene rings is 2. The Balaban J connectivity index is 1.98. The van der Waals surface area contributed by atoms with Crippen molar-refractivity contribution in [1.82, 2.24) is 4.90 Å². The summed E-state index contributed by atoms with van der Waals surface area (Å²) < 4.78 is 6.13. The zero-order chi connectivity index (χ0) is 13.9. The standard InChI is InChI=1S/C17H17NO2/c1-13(19)18-11-15-9-5-6-10-16(15)20-17(12-18)14-7-3-2-4-8-14/h2-10,17H,11-12H2,1H3. The molecule has 0 saturated heterocycles. The van der Waals surface area contributed by atoms with Crippen LogP contribution in [0, 0.1) is 0 Å². The van der Waals surface area contributed by atoms with Crippen LogP contribution >= 0.6 is 0 Å². The van der Waals surface area contributed by atoms with Crippen LogP contribution in [0.2, 0.25) is 0 Å². The maximum absolute atomic E-state index is 11.8. The molecule has 102 valence electrons. The van der Waals surface area contributed by atoms with Crippen molar-refractivity contribution in [2.24, 2.45) is 0 Å². The molecule has 2 aromatic rings. The summed E-state index contributed by atoms with van der Waals surface area (Å²) in [6.45, 7) is 2.79. The van der Waals surface area contributed by atoms with E-state index in [0.717, 1.165) is 16.9 Å². The number of fused-ring (bicyclic) bond motifs is 1. The molecule has 1 unspecified atom stereocenters. The molecule has 0 bridgehead atoms. The van der Waals surface area contributed by atoms with Crippen molar-refractivity contribution in [2.75, 3.05) is 6.54 Å². The van der Waals surface area contributed by atoms with E-state index in [1.54, 1.807) is 6.92 Å². The lowest BCUT2D eigenvalue weighted by molar-refractivity contribution is -0.130. The Morgan fingerprint density at radius 3 is 2.55 bits per heavy atom. The third kappa shape index (κ3) is 2.52. The zero-order valence-electron chi connectivity index (χ0n) is 11.5. The van der Waals surface area contributed by atoms with Gasteiger partial charge in [0.2, 0.25) is 5.91 Å². The van der Waals surface area contributed by atoms with Gasteiger partial charge in [0.25, 0.3) is 0 Å². The number of carbonyl (C=O) groups is 1. The van der Waals surface area contributed by atoms with Crippen LogP contribution in [0.4, 0.5) is 0 Å². The molecule has 20 heavy (non-hydrogen) atoms. The van der Waals surface area contributed by atoms with E-state index >= 15 is 0 Å². The molecule has 2 aromatic carbocycles. The molecule has 0 aromatic heterocycles. The van der Waals surface area contributed by atoms with Gasteiger partial charge >= 0.3 is 0 Å². The molecule has 0 saturated carbocycles. The molecule has 0 aliphatic carbocycles. The second-order valence-corrected chi connectivity index (χ2v) is 5.02. The summed E-state index contributed by atoms with van der Waals surface area (Å²) in [6, 6.07) is 18.0. The van der Waals surface area contributed by atoms with Gasteiger partial charge in [0, 0.05) is 19.0 Å². The summed E-state index contributed by atoms with van der Waals surface area (Å²) in [4.78, 5) is 13.6. The fourth-order valence-electron chi connectivity index (χ4n) is 2.49. The predicted octanol–water partition coefficient (Wildman–Crippen LogP) is 3.17. The van der Waals surface area contributed by atoms with Gasteiger partial charge in [-0.05, 0) is 11.6 Å². The normalized spacial score (nSPS) is 17.9. The summed E-state index contributed by atoms with van der Waals surface area (Å²) in [7, 11) is 0. The van der Waals surface area contributed by atoms with Gasteiger partial charge < -0.3 is 9.64 Å². The summed E-state index contributed by atoms with van der Waals surface area (Å²) in [6.07, 6.45) is -0.122. The van der Waals surface area contributed by atoms with Crippen LogP contribution in [0.5, 0.6) is 5.75 Å². The number of carbonyl (C=O) groups excluding carboxylic acids is 1. The molecule has 1 atom stereocenters. The maximum atomic E-state index is 11.8. The lowest BCUT2D eigenvalue weighted by atomic mass is 10.1. The van der Waals surface area contributed by atoms with Crippen LogP contribution in [0.15, 0.2) is 54.6 Å². The maximum Gasteiger partial charge on any atom is 0.219 e. The first-order valence-corrected chi connectivity index (χ1v) is 6.79. The third-order valence-corrected chi connectivity index (χ3v) is 3.61. The predicted molar refractivity (Wildman–Crippen MR) is 77.3 cm³/mol. The van der Waals surface area contributed by atoms with E-state index < -0.39 is 0 Å². The van der Waals surface area contributed by atoms with Crippen molar-refractivity contribution in [1.29, 1.82) is 0 Å². The van der Waals surface area contributed by atoms with Gasteiger partial charge in [0.05, 0.1) is 6.54 Å². The molecule has 1 aliphatic rings. The van der Waals surface area contributed by atoms with Crippen molar-refractivity contribution in [3.63, 3.8) is 0 Å². The second-order valence-electron chi connectivity index (χ2n) is 5.02. The monoisotopic (exact) mass is 267 g/mol. The van der Waals surface area contributed by atoms with Crippen LogP contribution in [0.3, 0.4) is 0 Å². The summed E-state index contributed by atoms with van der Waals surface area (Å²) in [5.41, 5.74) is 2.15. The Bertz CT molecular complexity index is 609. The molecule has 1 amide bonds. The Labute approximate surface area is 118 Å². The van der Waals surface area contributed by atoms with E-state index in [-0.39, 0.29) is 12.0 Å². The molecule has 3 nitrogen and oxygen atoms in total. The highest BCUT2D eigenvalue weighted by molar-refractivity contribution is 5.73. The Kier molecular flexibility index (Phi) is 3.42.